The zero-order valence-corrected chi connectivity index (χ0v) is 16.2. The number of aryl methyl sites for hydroxylation is 1. The highest BCUT2D eigenvalue weighted by molar-refractivity contribution is 5.81. The molecule has 26 heavy (non-hydrogen) atoms. The fraction of sp³-hybridized carbons (Fsp3) is 0.636. The second kappa shape index (κ2) is 9.75. The third-order valence-electron chi connectivity index (χ3n) is 5.34. The molecular formula is C22H33N3O. The van der Waals surface area contributed by atoms with Crippen molar-refractivity contribution in [2.24, 2.45) is 5.92 Å². The van der Waals surface area contributed by atoms with Crippen LogP contribution in [0.1, 0.15) is 77.0 Å². The van der Waals surface area contributed by atoms with Gasteiger partial charge >= 0.3 is 0 Å². The lowest BCUT2D eigenvalue weighted by molar-refractivity contribution is -0.122. The second-order valence-corrected chi connectivity index (χ2v) is 7.64. The number of hydrogen-bond acceptors (Lipinski definition) is 2. The summed E-state index contributed by atoms with van der Waals surface area (Å²) < 4.78 is 2.31. The van der Waals surface area contributed by atoms with Crippen molar-refractivity contribution in [2.45, 2.75) is 84.2 Å². The summed E-state index contributed by atoms with van der Waals surface area (Å²) in [6, 6.07) is 8.30. The van der Waals surface area contributed by atoms with Crippen molar-refractivity contribution in [1.29, 1.82) is 0 Å². The molecule has 1 aromatic carbocycles. The number of unbranched alkanes of at least 4 members (excludes halogenated alkanes) is 7. The maximum atomic E-state index is 12.0. The van der Waals surface area contributed by atoms with E-state index >= 15 is 0 Å². The van der Waals surface area contributed by atoms with Crippen molar-refractivity contribution in [3.63, 3.8) is 0 Å². The van der Waals surface area contributed by atoms with Gasteiger partial charge in [-0.2, -0.15) is 0 Å². The van der Waals surface area contributed by atoms with E-state index in [0.29, 0.717) is 6.54 Å². The molecule has 4 nitrogen and oxygen atoms in total. The molecule has 1 amide bonds. The topological polar surface area (TPSA) is 46.9 Å². The van der Waals surface area contributed by atoms with Crippen molar-refractivity contribution < 1.29 is 4.79 Å². The van der Waals surface area contributed by atoms with E-state index in [9.17, 15) is 4.79 Å². The molecule has 0 atom stereocenters. The van der Waals surface area contributed by atoms with Crippen LogP contribution in [-0.4, -0.2) is 15.5 Å². The lowest BCUT2D eigenvalue weighted by atomic mass is 10.1. The highest BCUT2D eigenvalue weighted by atomic mass is 16.2. The van der Waals surface area contributed by atoms with Gasteiger partial charge in [0.25, 0.3) is 0 Å². The summed E-state index contributed by atoms with van der Waals surface area (Å²) in [7, 11) is 0. The largest absolute Gasteiger partial charge is 0.349 e. The maximum absolute atomic E-state index is 12.0. The Morgan fingerprint density at radius 2 is 1.77 bits per heavy atom. The molecule has 1 fully saturated rings. The van der Waals surface area contributed by atoms with Gasteiger partial charge in [-0.1, -0.05) is 64.0 Å². The Morgan fingerprint density at radius 1 is 1.08 bits per heavy atom. The number of para-hydroxylation sites is 2. The van der Waals surface area contributed by atoms with Gasteiger partial charge in [-0.25, -0.2) is 4.98 Å². The summed E-state index contributed by atoms with van der Waals surface area (Å²) in [5.74, 6) is 1.43. The van der Waals surface area contributed by atoms with Crippen molar-refractivity contribution >= 4 is 16.9 Å². The molecule has 1 aliphatic rings. The minimum absolute atomic E-state index is 0.190. The first-order chi connectivity index (χ1) is 12.8. The summed E-state index contributed by atoms with van der Waals surface area (Å²) >= 11 is 0. The van der Waals surface area contributed by atoms with Gasteiger partial charge in [-0.3, -0.25) is 4.79 Å². The first-order valence-electron chi connectivity index (χ1n) is 10.5. The molecule has 2 aromatic rings. The third-order valence-corrected chi connectivity index (χ3v) is 5.34. The van der Waals surface area contributed by atoms with Gasteiger partial charge in [-0.05, 0) is 31.4 Å². The van der Waals surface area contributed by atoms with E-state index < -0.39 is 0 Å². The molecule has 0 spiro atoms. The average Bonchev–Trinajstić information content (AvgIpc) is 3.45. The fourth-order valence-corrected chi connectivity index (χ4v) is 3.57. The number of nitrogens with zero attached hydrogens (tertiary/aromatic N) is 2. The first-order valence-corrected chi connectivity index (χ1v) is 10.5. The smallest absolute Gasteiger partial charge is 0.223 e. The number of amides is 1. The van der Waals surface area contributed by atoms with Crippen LogP contribution in [-0.2, 0) is 17.9 Å². The molecule has 1 N–H and O–H groups in total. The zero-order valence-electron chi connectivity index (χ0n) is 16.2. The summed E-state index contributed by atoms with van der Waals surface area (Å²) in [6.07, 6.45) is 12.7. The van der Waals surface area contributed by atoms with E-state index in [4.69, 9.17) is 4.98 Å². The van der Waals surface area contributed by atoms with Gasteiger partial charge in [0.2, 0.25) is 5.91 Å². The van der Waals surface area contributed by atoms with Crippen molar-refractivity contribution in [2.75, 3.05) is 0 Å². The lowest BCUT2D eigenvalue weighted by Gasteiger charge is -2.10. The fourth-order valence-electron chi connectivity index (χ4n) is 3.57. The SMILES string of the molecule is CCCCCCCCCCn1c(CNC(=O)C2CC2)nc2ccccc21. The van der Waals surface area contributed by atoms with E-state index in [1.54, 1.807) is 0 Å². The van der Waals surface area contributed by atoms with Crippen molar-refractivity contribution in [1.82, 2.24) is 14.9 Å². The molecule has 3 rings (SSSR count). The van der Waals surface area contributed by atoms with Crippen LogP contribution in [0.2, 0.25) is 0 Å². The van der Waals surface area contributed by atoms with Crippen LogP contribution < -0.4 is 5.32 Å². The number of fused-ring (bicyclic) bond motifs is 1. The van der Waals surface area contributed by atoms with Gasteiger partial charge in [0.1, 0.15) is 5.82 Å². The zero-order chi connectivity index (χ0) is 18.2. The molecule has 1 aliphatic carbocycles. The molecule has 0 unspecified atom stereocenters. The van der Waals surface area contributed by atoms with E-state index in [1.807, 2.05) is 6.07 Å². The predicted molar refractivity (Wildman–Crippen MR) is 107 cm³/mol. The number of carbonyl (C=O) groups excluding carboxylic acids is 1. The van der Waals surface area contributed by atoms with Crippen LogP contribution in [0, 0.1) is 5.92 Å². The Labute approximate surface area is 157 Å². The Bertz CT molecular complexity index is 702. The predicted octanol–water partition coefficient (Wildman–Crippen LogP) is 5.20. The van der Waals surface area contributed by atoms with Gasteiger partial charge in [0, 0.05) is 12.5 Å². The molecule has 142 valence electrons. The Morgan fingerprint density at radius 3 is 2.50 bits per heavy atom. The first kappa shape index (κ1) is 18.9. The number of rotatable bonds is 12. The molecule has 0 radical (unpaired) electrons. The molecule has 1 heterocycles. The van der Waals surface area contributed by atoms with Crippen molar-refractivity contribution in [3.8, 4) is 0 Å². The van der Waals surface area contributed by atoms with Crippen LogP contribution in [0.5, 0.6) is 0 Å². The summed E-state index contributed by atoms with van der Waals surface area (Å²) in [4.78, 5) is 16.7. The summed E-state index contributed by atoms with van der Waals surface area (Å²) in [5.41, 5.74) is 2.22. The van der Waals surface area contributed by atoms with Crippen LogP contribution in [0.4, 0.5) is 0 Å². The highest BCUT2D eigenvalue weighted by Gasteiger charge is 2.29. The Balaban J connectivity index is 1.51. The minimum atomic E-state index is 0.190. The molecule has 0 saturated heterocycles. The van der Waals surface area contributed by atoms with Crippen LogP contribution >= 0.6 is 0 Å². The number of nitrogens with one attached hydrogen (secondary N) is 1. The number of aromatic nitrogens is 2. The lowest BCUT2D eigenvalue weighted by Crippen LogP contribution is -2.26. The minimum Gasteiger partial charge on any atom is -0.349 e. The van der Waals surface area contributed by atoms with E-state index in [0.717, 1.165) is 30.7 Å². The molecule has 0 aliphatic heterocycles. The van der Waals surface area contributed by atoms with Gasteiger partial charge < -0.3 is 9.88 Å². The van der Waals surface area contributed by atoms with Crippen LogP contribution in [0.3, 0.4) is 0 Å². The molecule has 1 saturated carbocycles. The standard InChI is InChI=1S/C22H33N3O/c1-2-3-4-5-6-7-8-11-16-25-20-13-10-9-12-19(20)24-21(25)17-23-22(26)18-14-15-18/h9-10,12-13,18H,2-8,11,14-17H2,1H3,(H,23,26). The Kier molecular flexibility index (Phi) is 7.10. The van der Waals surface area contributed by atoms with Crippen LogP contribution in [0.15, 0.2) is 24.3 Å². The highest BCUT2D eigenvalue weighted by Crippen LogP contribution is 2.29. The van der Waals surface area contributed by atoms with Gasteiger partial charge in [0.15, 0.2) is 0 Å². The molecule has 0 bridgehead atoms. The Hall–Kier alpha value is -1.84. The summed E-state index contributed by atoms with van der Waals surface area (Å²) in [6.45, 7) is 3.80. The number of benzene rings is 1. The van der Waals surface area contributed by atoms with Crippen LogP contribution in [0.25, 0.3) is 11.0 Å². The third kappa shape index (κ3) is 5.33. The average molecular weight is 356 g/mol. The van der Waals surface area contributed by atoms with Crippen molar-refractivity contribution in [3.05, 3.63) is 30.1 Å². The van der Waals surface area contributed by atoms with E-state index in [-0.39, 0.29) is 11.8 Å². The molecule has 1 aromatic heterocycles. The maximum Gasteiger partial charge on any atom is 0.223 e. The van der Waals surface area contributed by atoms with E-state index in [1.165, 1.54) is 56.9 Å². The summed E-state index contributed by atoms with van der Waals surface area (Å²) in [5, 5.41) is 3.07. The number of carbonyl (C=O) groups is 1. The monoisotopic (exact) mass is 355 g/mol. The number of imidazole rings is 1. The molecule has 4 heteroatoms. The normalized spacial score (nSPS) is 14.0. The number of hydrogen-bond donors (Lipinski definition) is 1. The quantitative estimate of drug-likeness (QED) is 0.532. The van der Waals surface area contributed by atoms with Gasteiger partial charge in [-0.15, -0.1) is 0 Å². The van der Waals surface area contributed by atoms with Gasteiger partial charge in [0.05, 0.1) is 17.6 Å². The molecular weight excluding hydrogens is 322 g/mol. The second-order valence-electron chi connectivity index (χ2n) is 7.64. The van der Waals surface area contributed by atoms with E-state index in [2.05, 4.69) is 35.0 Å².